The molecule has 1 aromatic heterocycles. The topological polar surface area (TPSA) is 51.2 Å². The zero-order valence-electron chi connectivity index (χ0n) is 11.2. The molecule has 0 fully saturated rings. The molecule has 1 aliphatic rings. The molecule has 0 saturated carbocycles. The number of fused-ring (bicyclic) bond motifs is 1. The summed E-state index contributed by atoms with van der Waals surface area (Å²) in [6, 6.07) is 4.67. The average Bonchev–Trinajstić information content (AvgIpc) is 2.88. The maximum atomic E-state index is 12.9. The first-order valence-corrected chi connectivity index (χ1v) is 7.30. The van der Waals surface area contributed by atoms with E-state index in [1.807, 2.05) is 0 Å². The zero-order valence-corrected chi connectivity index (χ0v) is 12.1. The summed E-state index contributed by atoms with van der Waals surface area (Å²) >= 11 is 1.22. The van der Waals surface area contributed by atoms with E-state index in [0.29, 0.717) is 19.6 Å². The van der Waals surface area contributed by atoms with E-state index in [2.05, 4.69) is 10.3 Å². The van der Waals surface area contributed by atoms with Crippen LogP contribution in [0.5, 0.6) is 0 Å². The summed E-state index contributed by atoms with van der Waals surface area (Å²) in [5, 5.41) is 2.73. The van der Waals surface area contributed by atoms with E-state index in [4.69, 9.17) is 4.74 Å². The quantitative estimate of drug-likeness (QED) is 0.918. The van der Waals surface area contributed by atoms with Gasteiger partial charge >= 0.3 is 6.18 Å². The third kappa shape index (κ3) is 2.97. The molecule has 0 atom stereocenters. The van der Waals surface area contributed by atoms with Crippen molar-refractivity contribution < 1.29 is 22.7 Å². The van der Waals surface area contributed by atoms with Gasteiger partial charge in [0, 0.05) is 6.42 Å². The second-order valence-corrected chi connectivity index (χ2v) is 5.77. The number of thiazole rings is 1. The van der Waals surface area contributed by atoms with Gasteiger partial charge in [0.2, 0.25) is 0 Å². The van der Waals surface area contributed by atoms with Crippen LogP contribution in [0.25, 0.3) is 0 Å². The zero-order chi connectivity index (χ0) is 15.7. The van der Waals surface area contributed by atoms with E-state index in [1.54, 1.807) is 0 Å². The van der Waals surface area contributed by atoms with E-state index in [0.717, 1.165) is 22.7 Å². The van der Waals surface area contributed by atoms with Gasteiger partial charge in [-0.15, -0.1) is 0 Å². The van der Waals surface area contributed by atoms with Crippen LogP contribution in [0.15, 0.2) is 24.3 Å². The minimum Gasteiger partial charge on any atom is -0.375 e. The van der Waals surface area contributed by atoms with Gasteiger partial charge in [0.1, 0.15) is 0 Å². The van der Waals surface area contributed by atoms with Crippen LogP contribution in [0.3, 0.4) is 0 Å². The van der Waals surface area contributed by atoms with Crippen molar-refractivity contribution in [1.29, 1.82) is 0 Å². The van der Waals surface area contributed by atoms with Crippen LogP contribution in [-0.4, -0.2) is 17.5 Å². The lowest BCUT2D eigenvalue weighted by molar-refractivity contribution is -0.137. The SMILES string of the molecule is O=C(Nc1nc2c(s1)COCC2)c1ccccc1C(F)(F)F. The first-order chi connectivity index (χ1) is 10.4. The Bertz CT molecular complexity index is 689. The summed E-state index contributed by atoms with van der Waals surface area (Å²) in [5.74, 6) is -0.819. The van der Waals surface area contributed by atoms with Crippen LogP contribution in [0.2, 0.25) is 0 Å². The lowest BCUT2D eigenvalue weighted by Crippen LogP contribution is -2.18. The molecule has 22 heavy (non-hydrogen) atoms. The second-order valence-electron chi connectivity index (χ2n) is 4.69. The van der Waals surface area contributed by atoms with Gasteiger partial charge in [-0.3, -0.25) is 10.1 Å². The van der Waals surface area contributed by atoms with Crippen molar-refractivity contribution >= 4 is 22.4 Å². The fourth-order valence-electron chi connectivity index (χ4n) is 2.17. The molecule has 0 aliphatic carbocycles. The lowest BCUT2D eigenvalue weighted by Gasteiger charge is -2.11. The molecule has 116 valence electrons. The summed E-state index contributed by atoms with van der Waals surface area (Å²) in [4.78, 5) is 17.2. The molecule has 4 nitrogen and oxygen atoms in total. The highest BCUT2D eigenvalue weighted by atomic mass is 32.1. The van der Waals surface area contributed by atoms with Gasteiger partial charge in [-0.25, -0.2) is 4.98 Å². The van der Waals surface area contributed by atoms with Gasteiger partial charge in [0.05, 0.1) is 34.9 Å². The molecule has 1 N–H and O–H groups in total. The first kappa shape index (κ1) is 15.0. The molecule has 0 bridgehead atoms. The number of anilines is 1. The van der Waals surface area contributed by atoms with Gasteiger partial charge in [0.25, 0.3) is 5.91 Å². The van der Waals surface area contributed by atoms with Crippen LogP contribution in [0, 0.1) is 0 Å². The van der Waals surface area contributed by atoms with Crippen LogP contribution in [0.4, 0.5) is 18.3 Å². The molecule has 0 spiro atoms. The predicted molar refractivity (Wildman–Crippen MR) is 74.9 cm³/mol. The third-order valence-electron chi connectivity index (χ3n) is 3.19. The highest BCUT2D eigenvalue weighted by molar-refractivity contribution is 7.15. The number of hydrogen-bond acceptors (Lipinski definition) is 4. The Balaban J connectivity index is 1.85. The number of alkyl halides is 3. The summed E-state index contributed by atoms with van der Waals surface area (Å²) < 4.78 is 44.0. The standard InChI is InChI=1S/C14H11F3N2O2S/c15-14(16,17)9-4-2-1-3-8(9)12(20)19-13-18-10-5-6-21-7-11(10)22-13/h1-4H,5-7H2,(H,18,19,20). The number of carbonyl (C=O) groups is 1. The van der Waals surface area contributed by atoms with E-state index in [1.165, 1.54) is 23.5 Å². The average molecular weight is 328 g/mol. The van der Waals surface area contributed by atoms with Crippen molar-refractivity contribution in [2.75, 3.05) is 11.9 Å². The predicted octanol–water partition coefficient (Wildman–Crippen LogP) is 3.49. The van der Waals surface area contributed by atoms with Crippen molar-refractivity contribution in [2.24, 2.45) is 0 Å². The molecule has 0 radical (unpaired) electrons. The summed E-state index contributed by atoms with van der Waals surface area (Å²) in [6.45, 7) is 0.975. The number of benzene rings is 1. The number of ether oxygens (including phenoxy) is 1. The molecular formula is C14H11F3N2O2S. The molecule has 1 aliphatic heterocycles. The third-order valence-corrected chi connectivity index (χ3v) is 4.18. The van der Waals surface area contributed by atoms with Crippen molar-refractivity contribution in [3.63, 3.8) is 0 Å². The fraction of sp³-hybridized carbons (Fsp3) is 0.286. The van der Waals surface area contributed by atoms with Crippen molar-refractivity contribution in [3.8, 4) is 0 Å². The molecule has 2 aromatic rings. The van der Waals surface area contributed by atoms with Crippen molar-refractivity contribution in [3.05, 3.63) is 46.0 Å². The molecule has 1 amide bonds. The minimum absolute atomic E-state index is 0.289. The Morgan fingerprint density at radius 2 is 2.09 bits per heavy atom. The smallest absolute Gasteiger partial charge is 0.375 e. The van der Waals surface area contributed by atoms with E-state index >= 15 is 0 Å². The maximum Gasteiger partial charge on any atom is 0.417 e. The van der Waals surface area contributed by atoms with Gasteiger partial charge in [-0.05, 0) is 12.1 Å². The van der Waals surface area contributed by atoms with Gasteiger partial charge < -0.3 is 4.74 Å². The minimum atomic E-state index is -4.58. The van der Waals surface area contributed by atoms with Crippen molar-refractivity contribution in [1.82, 2.24) is 4.98 Å². The monoisotopic (exact) mass is 328 g/mol. The van der Waals surface area contributed by atoms with Crippen LogP contribution >= 0.6 is 11.3 Å². The van der Waals surface area contributed by atoms with E-state index in [9.17, 15) is 18.0 Å². The molecule has 1 aromatic carbocycles. The van der Waals surface area contributed by atoms with E-state index < -0.39 is 23.2 Å². The lowest BCUT2D eigenvalue weighted by atomic mass is 10.1. The molecule has 3 rings (SSSR count). The highest BCUT2D eigenvalue weighted by Gasteiger charge is 2.35. The van der Waals surface area contributed by atoms with Crippen LogP contribution < -0.4 is 5.32 Å². The highest BCUT2D eigenvalue weighted by Crippen LogP contribution is 2.33. The van der Waals surface area contributed by atoms with E-state index in [-0.39, 0.29) is 5.13 Å². The van der Waals surface area contributed by atoms with Gasteiger partial charge in [-0.2, -0.15) is 13.2 Å². The van der Waals surface area contributed by atoms with Gasteiger partial charge in [-0.1, -0.05) is 23.5 Å². The van der Waals surface area contributed by atoms with Crippen LogP contribution in [-0.2, 0) is 23.9 Å². The normalized spacial score (nSPS) is 14.5. The second kappa shape index (κ2) is 5.69. The molecule has 0 saturated heterocycles. The number of nitrogens with one attached hydrogen (secondary N) is 1. The Morgan fingerprint density at radius 3 is 2.82 bits per heavy atom. The number of halogens is 3. The molecule has 0 unspecified atom stereocenters. The summed E-state index contributed by atoms with van der Waals surface area (Å²) in [5.41, 5.74) is -0.549. The summed E-state index contributed by atoms with van der Waals surface area (Å²) in [7, 11) is 0. The molecule has 2 heterocycles. The van der Waals surface area contributed by atoms with Crippen molar-refractivity contribution in [2.45, 2.75) is 19.2 Å². The fourth-order valence-corrected chi connectivity index (χ4v) is 3.11. The Kier molecular flexibility index (Phi) is 3.88. The number of carbonyl (C=O) groups excluding carboxylic acids is 1. The molecular weight excluding hydrogens is 317 g/mol. The Labute approximate surface area is 127 Å². The Morgan fingerprint density at radius 1 is 1.32 bits per heavy atom. The number of amides is 1. The Hall–Kier alpha value is -1.93. The number of nitrogens with zero attached hydrogens (tertiary/aromatic N) is 1. The number of aromatic nitrogens is 1. The van der Waals surface area contributed by atoms with Gasteiger partial charge in [0.15, 0.2) is 5.13 Å². The number of hydrogen-bond donors (Lipinski definition) is 1. The summed E-state index contributed by atoms with van der Waals surface area (Å²) in [6.07, 6.45) is -3.94. The molecule has 8 heteroatoms. The van der Waals surface area contributed by atoms with Crippen LogP contribution in [0.1, 0.15) is 26.5 Å². The number of rotatable bonds is 2. The maximum absolute atomic E-state index is 12.9. The largest absolute Gasteiger partial charge is 0.417 e. The first-order valence-electron chi connectivity index (χ1n) is 6.49.